The molecular weight excluding hydrogens is 286 g/mol. The predicted molar refractivity (Wildman–Crippen MR) is 91.4 cm³/mol. The van der Waals surface area contributed by atoms with Crippen molar-refractivity contribution in [2.24, 2.45) is 0 Å². The number of amides is 1. The highest BCUT2D eigenvalue weighted by atomic mass is 16.1. The van der Waals surface area contributed by atoms with Crippen LogP contribution in [0.3, 0.4) is 0 Å². The summed E-state index contributed by atoms with van der Waals surface area (Å²) < 4.78 is 2.17. The zero-order chi connectivity index (χ0) is 16.1. The zero-order valence-electron chi connectivity index (χ0n) is 13.8. The van der Waals surface area contributed by atoms with Gasteiger partial charge in [-0.2, -0.15) is 0 Å². The Kier molecular flexibility index (Phi) is 5.11. The molecule has 1 aliphatic rings. The first-order valence-corrected chi connectivity index (χ1v) is 8.62. The van der Waals surface area contributed by atoms with E-state index in [1.807, 2.05) is 12.4 Å². The van der Waals surface area contributed by atoms with E-state index in [0.29, 0.717) is 12.3 Å². The maximum Gasteiger partial charge on any atom is 0.220 e. The number of fused-ring (bicyclic) bond motifs is 1. The van der Waals surface area contributed by atoms with E-state index >= 15 is 0 Å². The maximum atomic E-state index is 12.2. The normalized spacial score (nSPS) is 16.3. The summed E-state index contributed by atoms with van der Waals surface area (Å²) in [6.45, 7) is 3.75. The van der Waals surface area contributed by atoms with Crippen LogP contribution in [0.2, 0.25) is 0 Å². The minimum Gasteiger partial charge on any atom is -0.356 e. The van der Waals surface area contributed by atoms with Crippen LogP contribution >= 0.6 is 0 Å². The lowest BCUT2D eigenvalue weighted by Crippen LogP contribution is -2.26. The topological polar surface area (TPSA) is 46.9 Å². The van der Waals surface area contributed by atoms with Crippen LogP contribution in [-0.2, 0) is 24.2 Å². The summed E-state index contributed by atoms with van der Waals surface area (Å²) in [5, 5.41) is 3.07. The number of carbonyl (C=O) groups excluding carboxylic acids is 1. The summed E-state index contributed by atoms with van der Waals surface area (Å²) in [4.78, 5) is 16.5. The molecule has 1 atom stereocenters. The van der Waals surface area contributed by atoms with Gasteiger partial charge < -0.3 is 9.88 Å². The van der Waals surface area contributed by atoms with Gasteiger partial charge in [-0.1, -0.05) is 31.2 Å². The van der Waals surface area contributed by atoms with Crippen molar-refractivity contribution < 1.29 is 4.79 Å². The number of hydrogen-bond donors (Lipinski definition) is 1. The average molecular weight is 311 g/mol. The SMILES string of the molecule is CCc1nccn1CCCNC(=O)C[C@H]1CCc2ccccc21. The number of nitrogens with zero attached hydrogens (tertiary/aromatic N) is 2. The van der Waals surface area contributed by atoms with Crippen molar-refractivity contribution in [1.82, 2.24) is 14.9 Å². The number of imidazole rings is 1. The first kappa shape index (κ1) is 15.8. The molecule has 0 aliphatic heterocycles. The van der Waals surface area contributed by atoms with E-state index in [4.69, 9.17) is 0 Å². The Hall–Kier alpha value is -2.10. The van der Waals surface area contributed by atoms with Crippen LogP contribution in [0.15, 0.2) is 36.7 Å². The molecule has 4 heteroatoms. The molecule has 0 spiro atoms. The van der Waals surface area contributed by atoms with Crippen LogP contribution < -0.4 is 5.32 Å². The number of benzene rings is 1. The highest BCUT2D eigenvalue weighted by Gasteiger charge is 2.23. The Labute approximate surface area is 137 Å². The quantitative estimate of drug-likeness (QED) is 0.799. The molecule has 0 unspecified atom stereocenters. The molecule has 1 aromatic heterocycles. The Morgan fingerprint density at radius 3 is 3.13 bits per heavy atom. The van der Waals surface area contributed by atoms with Gasteiger partial charge in [0.15, 0.2) is 0 Å². The molecule has 23 heavy (non-hydrogen) atoms. The summed E-state index contributed by atoms with van der Waals surface area (Å²) in [7, 11) is 0. The Morgan fingerprint density at radius 2 is 2.26 bits per heavy atom. The van der Waals surface area contributed by atoms with Crippen molar-refractivity contribution in [2.45, 2.75) is 51.5 Å². The molecular formula is C19H25N3O. The van der Waals surface area contributed by atoms with E-state index in [-0.39, 0.29) is 5.91 Å². The van der Waals surface area contributed by atoms with Crippen molar-refractivity contribution in [3.8, 4) is 0 Å². The Balaban J connectivity index is 1.41. The van der Waals surface area contributed by atoms with Gasteiger partial charge in [0.05, 0.1) is 0 Å². The van der Waals surface area contributed by atoms with Gasteiger partial charge in [0.25, 0.3) is 0 Å². The second-order valence-corrected chi connectivity index (χ2v) is 6.23. The van der Waals surface area contributed by atoms with Crippen LogP contribution in [0.25, 0.3) is 0 Å². The van der Waals surface area contributed by atoms with Gasteiger partial charge in [0.2, 0.25) is 5.91 Å². The second kappa shape index (κ2) is 7.44. The molecule has 1 amide bonds. The fraction of sp³-hybridized carbons (Fsp3) is 0.474. The molecule has 0 saturated heterocycles. The Morgan fingerprint density at radius 1 is 1.39 bits per heavy atom. The molecule has 1 N–H and O–H groups in total. The summed E-state index contributed by atoms with van der Waals surface area (Å²) in [6, 6.07) is 8.52. The summed E-state index contributed by atoms with van der Waals surface area (Å²) in [5.41, 5.74) is 2.78. The average Bonchev–Trinajstić information content (AvgIpc) is 3.18. The van der Waals surface area contributed by atoms with Crippen LogP contribution in [-0.4, -0.2) is 22.0 Å². The minimum atomic E-state index is 0.174. The standard InChI is InChI=1S/C19H25N3O/c1-2-18-20-11-13-22(18)12-5-10-21-19(23)14-16-9-8-15-6-3-4-7-17(15)16/h3-4,6-7,11,13,16H,2,5,8-10,12,14H2,1H3,(H,21,23)/t16-/m1/s1. The van der Waals surface area contributed by atoms with Gasteiger partial charge in [-0.3, -0.25) is 4.79 Å². The highest BCUT2D eigenvalue weighted by molar-refractivity contribution is 5.77. The van der Waals surface area contributed by atoms with Crippen molar-refractivity contribution in [2.75, 3.05) is 6.54 Å². The van der Waals surface area contributed by atoms with Gasteiger partial charge in [0, 0.05) is 38.3 Å². The number of hydrogen-bond acceptors (Lipinski definition) is 2. The lowest BCUT2D eigenvalue weighted by Gasteiger charge is -2.12. The van der Waals surface area contributed by atoms with Gasteiger partial charge in [0.1, 0.15) is 5.82 Å². The van der Waals surface area contributed by atoms with E-state index < -0.39 is 0 Å². The zero-order valence-corrected chi connectivity index (χ0v) is 13.8. The third kappa shape index (κ3) is 3.81. The van der Waals surface area contributed by atoms with Crippen LogP contribution in [0, 0.1) is 0 Å². The third-order valence-corrected chi connectivity index (χ3v) is 4.70. The number of carbonyl (C=O) groups is 1. The van der Waals surface area contributed by atoms with Gasteiger partial charge in [-0.25, -0.2) is 4.98 Å². The molecule has 2 aromatic rings. The smallest absolute Gasteiger partial charge is 0.220 e. The molecule has 0 fully saturated rings. The summed E-state index contributed by atoms with van der Waals surface area (Å²) >= 11 is 0. The first-order valence-electron chi connectivity index (χ1n) is 8.62. The van der Waals surface area contributed by atoms with Gasteiger partial charge >= 0.3 is 0 Å². The van der Waals surface area contributed by atoms with E-state index in [1.165, 1.54) is 11.1 Å². The lowest BCUT2D eigenvalue weighted by molar-refractivity contribution is -0.121. The van der Waals surface area contributed by atoms with E-state index in [1.54, 1.807) is 0 Å². The van der Waals surface area contributed by atoms with E-state index in [2.05, 4.69) is 46.1 Å². The number of rotatable bonds is 7. The van der Waals surface area contributed by atoms with Gasteiger partial charge in [-0.15, -0.1) is 0 Å². The molecule has 122 valence electrons. The van der Waals surface area contributed by atoms with Crippen LogP contribution in [0.5, 0.6) is 0 Å². The van der Waals surface area contributed by atoms with Crippen molar-refractivity contribution in [1.29, 1.82) is 0 Å². The number of nitrogens with one attached hydrogen (secondary N) is 1. The molecule has 1 aromatic carbocycles. The second-order valence-electron chi connectivity index (χ2n) is 6.23. The maximum absolute atomic E-state index is 12.2. The number of aryl methyl sites for hydroxylation is 3. The van der Waals surface area contributed by atoms with E-state index in [0.717, 1.165) is 44.6 Å². The fourth-order valence-corrected chi connectivity index (χ4v) is 3.49. The molecule has 3 rings (SSSR count). The molecule has 0 saturated carbocycles. The first-order chi connectivity index (χ1) is 11.3. The molecule has 1 aliphatic carbocycles. The third-order valence-electron chi connectivity index (χ3n) is 4.70. The predicted octanol–water partition coefficient (Wildman–Crippen LogP) is 3.07. The van der Waals surface area contributed by atoms with Crippen molar-refractivity contribution >= 4 is 5.91 Å². The number of aromatic nitrogens is 2. The summed E-state index contributed by atoms with van der Waals surface area (Å²) in [5.74, 6) is 1.68. The molecule has 0 radical (unpaired) electrons. The van der Waals surface area contributed by atoms with Crippen LogP contribution in [0.1, 0.15) is 49.1 Å². The van der Waals surface area contributed by atoms with Gasteiger partial charge in [-0.05, 0) is 36.3 Å². The van der Waals surface area contributed by atoms with E-state index in [9.17, 15) is 4.79 Å². The van der Waals surface area contributed by atoms with Crippen LogP contribution in [0.4, 0.5) is 0 Å². The molecule has 0 bridgehead atoms. The largest absolute Gasteiger partial charge is 0.356 e. The minimum absolute atomic E-state index is 0.174. The molecule has 1 heterocycles. The van der Waals surface area contributed by atoms with Crippen molar-refractivity contribution in [3.63, 3.8) is 0 Å². The molecule has 4 nitrogen and oxygen atoms in total. The van der Waals surface area contributed by atoms with Crippen molar-refractivity contribution in [3.05, 3.63) is 53.6 Å². The highest BCUT2D eigenvalue weighted by Crippen LogP contribution is 2.34. The lowest BCUT2D eigenvalue weighted by atomic mass is 9.97. The fourth-order valence-electron chi connectivity index (χ4n) is 3.49. The Bertz CT molecular complexity index is 662. The monoisotopic (exact) mass is 311 g/mol. The summed E-state index contributed by atoms with van der Waals surface area (Å²) in [6.07, 6.45) is 8.56.